The minimum atomic E-state index is -2.48. The van der Waals surface area contributed by atoms with Gasteiger partial charge in [-0.3, -0.25) is 4.79 Å². The Balaban J connectivity index is 1.60. The number of fused-ring (bicyclic) bond motifs is 2. The smallest absolute Gasteiger partial charge is 0.288 e. The van der Waals surface area contributed by atoms with E-state index in [0.29, 0.717) is 40.6 Å². The lowest BCUT2D eigenvalue weighted by Crippen LogP contribution is -2.20. The Bertz CT molecular complexity index is 523. The summed E-state index contributed by atoms with van der Waals surface area (Å²) in [7, 11) is 0. The van der Waals surface area contributed by atoms with Gasteiger partial charge in [0.25, 0.3) is 5.76 Å². The molecule has 0 unspecified atom stereocenters. The molecule has 2 aliphatic rings. The molecule has 0 saturated heterocycles. The number of amides is 1. The molecule has 2 aliphatic carbocycles. The molecular weight excluding hydrogens is 292 g/mol. The predicted molar refractivity (Wildman–Crippen MR) is 80.5 cm³/mol. The fourth-order valence-corrected chi connectivity index (χ4v) is 4.43. The van der Waals surface area contributed by atoms with Gasteiger partial charge in [0.05, 0.1) is 5.69 Å². The summed E-state index contributed by atoms with van der Waals surface area (Å²) in [5, 5.41) is 2.81. The number of thioether (sulfide) groups is 1. The third-order valence-corrected chi connectivity index (χ3v) is 5.50. The third-order valence-electron chi connectivity index (χ3n) is 4.71. The molecule has 1 aromatic rings. The van der Waals surface area contributed by atoms with Crippen LogP contribution in [0, 0.1) is 17.8 Å². The van der Waals surface area contributed by atoms with Gasteiger partial charge in [-0.05, 0) is 49.1 Å². The standard InChI is InChI=1S/C16H19F2NOS/c17-16(18)21-14-4-2-1-3-13(14)19-15(20)9-12-8-10-5-6-11(12)7-10/h1-4,10-12,16H,5-9H2,(H,19,20)/t10-,11-,12-/m0/s1. The van der Waals surface area contributed by atoms with E-state index >= 15 is 0 Å². The van der Waals surface area contributed by atoms with Crippen LogP contribution in [-0.4, -0.2) is 11.7 Å². The first-order valence-corrected chi connectivity index (χ1v) is 8.33. The molecule has 2 nitrogen and oxygen atoms in total. The van der Waals surface area contributed by atoms with Gasteiger partial charge in [-0.2, -0.15) is 8.78 Å². The third kappa shape index (κ3) is 3.57. The number of halogens is 2. The summed E-state index contributed by atoms with van der Waals surface area (Å²) in [5.41, 5.74) is 0.496. The molecule has 114 valence electrons. The Morgan fingerprint density at radius 3 is 2.76 bits per heavy atom. The molecule has 0 spiro atoms. The molecule has 21 heavy (non-hydrogen) atoms. The van der Waals surface area contributed by atoms with Crippen molar-refractivity contribution >= 4 is 23.4 Å². The maximum absolute atomic E-state index is 12.5. The predicted octanol–water partition coefficient (Wildman–Crippen LogP) is 4.77. The van der Waals surface area contributed by atoms with Crippen molar-refractivity contribution in [3.05, 3.63) is 24.3 Å². The van der Waals surface area contributed by atoms with Crippen molar-refractivity contribution in [1.29, 1.82) is 0 Å². The van der Waals surface area contributed by atoms with Gasteiger partial charge < -0.3 is 5.32 Å². The summed E-state index contributed by atoms with van der Waals surface area (Å²) in [6.45, 7) is 0. The van der Waals surface area contributed by atoms with Crippen LogP contribution in [0.1, 0.15) is 32.1 Å². The van der Waals surface area contributed by atoms with Crippen LogP contribution in [0.5, 0.6) is 0 Å². The van der Waals surface area contributed by atoms with Crippen molar-refractivity contribution in [1.82, 2.24) is 0 Å². The van der Waals surface area contributed by atoms with Gasteiger partial charge >= 0.3 is 0 Å². The van der Waals surface area contributed by atoms with E-state index in [1.165, 1.54) is 19.3 Å². The Kier molecular flexibility index (Phi) is 4.48. The average Bonchev–Trinajstić information content (AvgIpc) is 3.02. The number of hydrogen-bond donors (Lipinski definition) is 1. The number of para-hydroxylation sites is 1. The number of carbonyl (C=O) groups is 1. The van der Waals surface area contributed by atoms with Gasteiger partial charge in [-0.15, -0.1) is 0 Å². The minimum Gasteiger partial charge on any atom is -0.325 e. The van der Waals surface area contributed by atoms with Gasteiger partial charge in [-0.1, -0.05) is 30.3 Å². The van der Waals surface area contributed by atoms with Crippen LogP contribution in [0.25, 0.3) is 0 Å². The largest absolute Gasteiger partial charge is 0.325 e. The number of rotatable bonds is 5. The van der Waals surface area contributed by atoms with E-state index in [4.69, 9.17) is 0 Å². The van der Waals surface area contributed by atoms with Crippen molar-refractivity contribution in [2.45, 2.75) is 42.8 Å². The molecule has 0 heterocycles. The lowest BCUT2D eigenvalue weighted by molar-refractivity contribution is -0.117. The fourth-order valence-electron chi connectivity index (χ4n) is 3.83. The van der Waals surface area contributed by atoms with Crippen molar-refractivity contribution in [3.8, 4) is 0 Å². The highest BCUT2D eigenvalue weighted by molar-refractivity contribution is 7.99. The number of alkyl halides is 2. The molecule has 1 N–H and O–H groups in total. The maximum Gasteiger partial charge on any atom is 0.288 e. The lowest BCUT2D eigenvalue weighted by Gasteiger charge is -2.21. The van der Waals surface area contributed by atoms with E-state index in [9.17, 15) is 13.6 Å². The first kappa shape index (κ1) is 14.8. The topological polar surface area (TPSA) is 29.1 Å². The molecule has 1 amide bonds. The highest BCUT2D eigenvalue weighted by Crippen LogP contribution is 2.49. The quantitative estimate of drug-likeness (QED) is 0.794. The van der Waals surface area contributed by atoms with Crippen molar-refractivity contribution in [2.75, 3.05) is 5.32 Å². The summed E-state index contributed by atoms with van der Waals surface area (Å²) >= 11 is 0.474. The summed E-state index contributed by atoms with van der Waals surface area (Å²) in [6, 6.07) is 6.76. The van der Waals surface area contributed by atoms with E-state index in [-0.39, 0.29) is 5.91 Å². The highest BCUT2D eigenvalue weighted by Gasteiger charge is 2.40. The van der Waals surface area contributed by atoms with Crippen LogP contribution in [-0.2, 0) is 4.79 Å². The second kappa shape index (κ2) is 6.34. The Labute approximate surface area is 127 Å². The Morgan fingerprint density at radius 1 is 1.29 bits per heavy atom. The van der Waals surface area contributed by atoms with Gasteiger partial charge in [0.1, 0.15) is 0 Å². The maximum atomic E-state index is 12.5. The zero-order valence-electron chi connectivity index (χ0n) is 11.7. The number of hydrogen-bond acceptors (Lipinski definition) is 2. The SMILES string of the molecule is O=C(C[C@@H]1C[C@H]2CC[C@H]1C2)Nc1ccccc1SC(F)F. The van der Waals surface area contributed by atoms with E-state index in [1.807, 2.05) is 0 Å². The van der Waals surface area contributed by atoms with Crippen LogP contribution in [0.3, 0.4) is 0 Å². The molecular formula is C16H19F2NOS. The van der Waals surface area contributed by atoms with Crippen LogP contribution < -0.4 is 5.32 Å². The van der Waals surface area contributed by atoms with E-state index in [1.54, 1.807) is 24.3 Å². The fraction of sp³-hybridized carbons (Fsp3) is 0.562. The van der Waals surface area contributed by atoms with E-state index < -0.39 is 5.76 Å². The lowest BCUT2D eigenvalue weighted by atomic mass is 9.86. The van der Waals surface area contributed by atoms with Crippen molar-refractivity contribution in [2.24, 2.45) is 17.8 Å². The molecule has 0 radical (unpaired) electrons. The first-order chi connectivity index (χ1) is 10.1. The molecule has 2 bridgehead atoms. The monoisotopic (exact) mass is 311 g/mol. The number of benzene rings is 1. The minimum absolute atomic E-state index is 0.0464. The molecule has 0 aliphatic heterocycles. The summed E-state index contributed by atoms with van der Waals surface area (Å²) in [6.07, 6.45) is 5.52. The van der Waals surface area contributed by atoms with Crippen LogP contribution in [0.2, 0.25) is 0 Å². The summed E-state index contributed by atoms with van der Waals surface area (Å²) < 4.78 is 25.0. The molecule has 2 saturated carbocycles. The van der Waals surface area contributed by atoms with Gasteiger partial charge in [0, 0.05) is 11.3 Å². The molecule has 1 aromatic carbocycles. The first-order valence-electron chi connectivity index (χ1n) is 7.45. The van der Waals surface area contributed by atoms with Crippen molar-refractivity contribution < 1.29 is 13.6 Å². The van der Waals surface area contributed by atoms with E-state index in [2.05, 4.69) is 5.32 Å². The second-order valence-electron chi connectivity index (χ2n) is 6.06. The van der Waals surface area contributed by atoms with E-state index in [0.717, 1.165) is 12.3 Å². The van der Waals surface area contributed by atoms with Gasteiger partial charge in [0.2, 0.25) is 5.91 Å². The Morgan fingerprint density at radius 2 is 2.10 bits per heavy atom. The number of carbonyl (C=O) groups excluding carboxylic acids is 1. The van der Waals surface area contributed by atoms with Gasteiger partial charge in [-0.25, -0.2) is 0 Å². The zero-order valence-corrected chi connectivity index (χ0v) is 12.5. The van der Waals surface area contributed by atoms with Crippen LogP contribution in [0.4, 0.5) is 14.5 Å². The summed E-state index contributed by atoms with van der Waals surface area (Å²) in [4.78, 5) is 12.6. The molecule has 3 rings (SSSR count). The Hall–Kier alpha value is -1.10. The molecule has 3 atom stereocenters. The normalized spacial score (nSPS) is 27.3. The zero-order chi connectivity index (χ0) is 14.8. The molecule has 5 heteroatoms. The number of anilines is 1. The van der Waals surface area contributed by atoms with Crippen LogP contribution >= 0.6 is 11.8 Å². The molecule has 2 fully saturated rings. The number of nitrogens with one attached hydrogen (secondary N) is 1. The van der Waals surface area contributed by atoms with Crippen LogP contribution in [0.15, 0.2) is 29.2 Å². The molecule has 0 aromatic heterocycles. The highest BCUT2D eigenvalue weighted by atomic mass is 32.2. The van der Waals surface area contributed by atoms with Gasteiger partial charge in [0.15, 0.2) is 0 Å². The summed E-state index contributed by atoms with van der Waals surface area (Å²) in [5.74, 6) is -0.525. The second-order valence-corrected chi connectivity index (χ2v) is 7.09. The van der Waals surface area contributed by atoms with Crippen molar-refractivity contribution in [3.63, 3.8) is 0 Å². The average molecular weight is 311 g/mol.